The molecule has 6 nitrogen and oxygen atoms in total. The number of nitrogens with zero attached hydrogens (tertiary/aromatic N) is 1. The van der Waals surface area contributed by atoms with Crippen LogP contribution in [-0.2, 0) is 14.8 Å². The number of sulfonamides is 1. The molecule has 0 aliphatic carbocycles. The number of nitrogens with one attached hydrogen (secondary N) is 1. The number of hydrogen-bond donors (Lipinski definition) is 1. The smallest absolute Gasteiger partial charge is 0.268 e. The zero-order chi connectivity index (χ0) is 23.5. The van der Waals surface area contributed by atoms with E-state index >= 15 is 0 Å². The standard InChI is InChI=1S/C23H22Cl2N2O4S/c1-15-4-7-17(8-5-15)26-23(28)14-27(18-9-10-19(24)20(25)13-18)32(29,30)22-12-16(2)6-11-21(22)31-3/h4-13H,14H2,1-3H3,(H,26,28). The third-order valence-corrected chi connectivity index (χ3v) is 7.23. The van der Waals surface area contributed by atoms with Gasteiger partial charge in [-0.2, -0.15) is 0 Å². The predicted octanol–water partition coefficient (Wildman–Crippen LogP) is 5.45. The Kier molecular flexibility index (Phi) is 7.33. The van der Waals surface area contributed by atoms with E-state index in [0.29, 0.717) is 5.69 Å². The van der Waals surface area contributed by atoms with Crippen molar-refractivity contribution in [1.29, 1.82) is 0 Å². The van der Waals surface area contributed by atoms with Crippen molar-refractivity contribution < 1.29 is 17.9 Å². The van der Waals surface area contributed by atoms with Gasteiger partial charge in [0.05, 0.1) is 22.8 Å². The van der Waals surface area contributed by atoms with Gasteiger partial charge in [0.2, 0.25) is 5.91 Å². The van der Waals surface area contributed by atoms with Gasteiger partial charge in [-0.05, 0) is 61.9 Å². The van der Waals surface area contributed by atoms with Gasteiger partial charge in [0.25, 0.3) is 10.0 Å². The molecule has 0 saturated heterocycles. The van der Waals surface area contributed by atoms with Crippen molar-refractivity contribution in [3.05, 3.63) is 81.8 Å². The van der Waals surface area contributed by atoms with Crippen molar-refractivity contribution in [2.24, 2.45) is 0 Å². The molecule has 0 aromatic heterocycles. The van der Waals surface area contributed by atoms with E-state index in [1.165, 1.54) is 31.4 Å². The number of amides is 1. The molecule has 0 heterocycles. The van der Waals surface area contributed by atoms with E-state index in [1.807, 2.05) is 19.1 Å². The van der Waals surface area contributed by atoms with Crippen LogP contribution in [0.25, 0.3) is 0 Å². The lowest BCUT2D eigenvalue weighted by Crippen LogP contribution is -2.38. The fourth-order valence-corrected chi connectivity index (χ4v) is 4.98. The van der Waals surface area contributed by atoms with Crippen LogP contribution in [0.2, 0.25) is 10.0 Å². The Morgan fingerprint density at radius 3 is 2.22 bits per heavy atom. The maximum Gasteiger partial charge on any atom is 0.268 e. The van der Waals surface area contributed by atoms with Crippen LogP contribution in [0.4, 0.5) is 11.4 Å². The van der Waals surface area contributed by atoms with Crippen molar-refractivity contribution >= 4 is 50.5 Å². The monoisotopic (exact) mass is 492 g/mol. The molecule has 0 saturated carbocycles. The molecule has 3 aromatic rings. The van der Waals surface area contributed by atoms with E-state index in [4.69, 9.17) is 27.9 Å². The van der Waals surface area contributed by atoms with Gasteiger partial charge in [-0.1, -0.05) is 47.0 Å². The van der Waals surface area contributed by atoms with Crippen molar-refractivity contribution in [3.63, 3.8) is 0 Å². The van der Waals surface area contributed by atoms with E-state index in [-0.39, 0.29) is 26.4 Å². The average molecular weight is 493 g/mol. The minimum atomic E-state index is -4.20. The maximum absolute atomic E-state index is 13.7. The van der Waals surface area contributed by atoms with Crippen molar-refractivity contribution in [1.82, 2.24) is 0 Å². The number of carbonyl (C=O) groups is 1. The zero-order valence-electron chi connectivity index (χ0n) is 17.7. The highest BCUT2D eigenvalue weighted by Gasteiger charge is 2.30. The Balaban J connectivity index is 2.04. The van der Waals surface area contributed by atoms with Gasteiger partial charge < -0.3 is 10.1 Å². The first-order chi connectivity index (χ1) is 15.1. The Morgan fingerprint density at radius 2 is 1.59 bits per heavy atom. The van der Waals surface area contributed by atoms with Gasteiger partial charge in [0.15, 0.2) is 0 Å². The number of carbonyl (C=O) groups excluding carboxylic acids is 1. The van der Waals surface area contributed by atoms with Crippen molar-refractivity contribution in [3.8, 4) is 5.75 Å². The van der Waals surface area contributed by atoms with Crippen LogP contribution in [0.5, 0.6) is 5.75 Å². The molecule has 1 N–H and O–H groups in total. The van der Waals surface area contributed by atoms with Gasteiger partial charge >= 0.3 is 0 Å². The summed E-state index contributed by atoms with van der Waals surface area (Å²) >= 11 is 12.2. The van der Waals surface area contributed by atoms with E-state index in [9.17, 15) is 13.2 Å². The summed E-state index contributed by atoms with van der Waals surface area (Å²) in [5, 5.41) is 3.16. The molecule has 0 unspecified atom stereocenters. The number of rotatable bonds is 7. The second kappa shape index (κ2) is 9.81. The van der Waals surface area contributed by atoms with Crippen LogP contribution in [0.3, 0.4) is 0 Å². The lowest BCUT2D eigenvalue weighted by molar-refractivity contribution is -0.114. The SMILES string of the molecule is COc1ccc(C)cc1S(=O)(=O)N(CC(=O)Nc1ccc(C)cc1)c1ccc(Cl)c(Cl)c1. The number of ether oxygens (including phenoxy) is 1. The first kappa shape index (κ1) is 23.9. The van der Waals surface area contributed by atoms with Crippen LogP contribution in [0.1, 0.15) is 11.1 Å². The molecule has 9 heteroatoms. The molecule has 0 fully saturated rings. The van der Waals surface area contributed by atoms with E-state index < -0.39 is 22.5 Å². The maximum atomic E-state index is 13.7. The number of benzene rings is 3. The summed E-state index contributed by atoms with van der Waals surface area (Å²) in [6, 6.07) is 16.4. The Hall–Kier alpha value is -2.74. The molecule has 3 rings (SSSR count). The first-order valence-corrected chi connectivity index (χ1v) is 11.8. The average Bonchev–Trinajstić information content (AvgIpc) is 2.75. The summed E-state index contributed by atoms with van der Waals surface area (Å²) in [5.41, 5.74) is 2.51. The number of methoxy groups -OCH3 is 1. The molecule has 32 heavy (non-hydrogen) atoms. The lowest BCUT2D eigenvalue weighted by atomic mass is 10.2. The first-order valence-electron chi connectivity index (χ1n) is 9.61. The van der Waals surface area contributed by atoms with Gasteiger partial charge in [-0.25, -0.2) is 8.42 Å². The van der Waals surface area contributed by atoms with Crippen LogP contribution >= 0.6 is 23.2 Å². The van der Waals surface area contributed by atoms with Crippen molar-refractivity contribution in [2.75, 3.05) is 23.3 Å². The summed E-state index contributed by atoms with van der Waals surface area (Å²) in [7, 11) is -2.81. The minimum absolute atomic E-state index is 0.0609. The molecule has 0 aliphatic heterocycles. The molecule has 0 aliphatic rings. The molecule has 0 atom stereocenters. The zero-order valence-corrected chi connectivity index (χ0v) is 20.1. The third kappa shape index (κ3) is 5.35. The number of anilines is 2. The Labute approximate surface area is 197 Å². The second-order valence-electron chi connectivity index (χ2n) is 7.18. The van der Waals surface area contributed by atoms with Gasteiger partial charge in [0.1, 0.15) is 17.2 Å². The van der Waals surface area contributed by atoms with Crippen LogP contribution in [0, 0.1) is 13.8 Å². The number of aryl methyl sites for hydroxylation is 2. The predicted molar refractivity (Wildman–Crippen MR) is 129 cm³/mol. The number of hydrogen-bond acceptors (Lipinski definition) is 4. The summed E-state index contributed by atoms with van der Waals surface area (Å²) in [6.45, 7) is 3.22. The summed E-state index contributed by atoms with van der Waals surface area (Å²) in [4.78, 5) is 12.8. The fraction of sp³-hybridized carbons (Fsp3) is 0.174. The quantitative estimate of drug-likeness (QED) is 0.475. The molecule has 1 amide bonds. The Bertz CT molecular complexity index is 1250. The largest absolute Gasteiger partial charge is 0.495 e. The minimum Gasteiger partial charge on any atom is -0.495 e. The summed E-state index contributed by atoms with van der Waals surface area (Å²) in [6.07, 6.45) is 0. The number of halogens is 2. The van der Waals surface area contributed by atoms with Gasteiger partial charge in [-0.3, -0.25) is 9.10 Å². The topological polar surface area (TPSA) is 75.7 Å². The highest BCUT2D eigenvalue weighted by Crippen LogP contribution is 2.33. The fourth-order valence-electron chi connectivity index (χ4n) is 3.03. The van der Waals surface area contributed by atoms with Gasteiger partial charge in [-0.15, -0.1) is 0 Å². The normalized spacial score (nSPS) is 11.2. The van der Waals surface area contributed by atoms with E-state index in [0.717, 1.165) is 15.4 Å². The molecule has 3 aromatic carbocycles. The van der Waals surface area contributed by atoms with Crippen LogP contribution in [-0.4, -0.2) is 28.0 Å². The summed E-state index contributed by atoms with van der Waals surface area (Å²) in [5.74, 6) is -0.352. The molecule has 168 valence electrons. The van der Waals surface area contributed by atoms with Crippen LogP contribution < -0.4 is 14.4 Å². The van der Waals surface area contributed by atoms with Crippen LogP contribution in [0.15, 0.2) is 65.6 Å². The molecular weight excluding hydrogens is 471 g/mol. The summed E-state index contributed by atoms with van der Waals surface area (Å²) < 4.78 is 33.6. The molecule has 0 bridgehead atoms. The Morgan fingerprint density at radius 1 is 0.938 bits per heavy atom. The third-order valence-electron chi connectivity index (χ3n) is 4.70. The second-order valence-corrected chi connectivity index (χ2v) is 9.82. The molecule has 0 radical (unpaired) electrons. The molecular formula is C23H22Cl2N2O4S. The van der Waals surface area contributed by atoms with E-state index in [1.54, 1.807) is 31.2 Å². The highest BCUT2D eigenvalue weighted by molar-refractivity contribution is 7.93. The van der Waals surface area contributed by atoms with E-state index in [2.05, 4.69) is 5.32 Å². The lowest BCUT2D eigenvalue weighted by Gasteiger charge is -2.25. The molecule has 0 spiro atoms. The van der Waals surface area contributed by atoms with Crippen molar-refractivity contribution in [2.45, 2.75) is 18.7 Å². The highest BCUT2D eigenvalue weighted by atomic mass is 35.5. The van der Waals surface area contributed by atoms with Gasteiger partial charge in [0, 0.05) is 5.69 Å².